The molecule has 13 heavy (non-hydrogen) atoms. The molecule has 76 valence electrons. The van der Waals surface area contributed by atoms with Crippen molar-refractivity contribution < 1.29 is 5.21 Å². The number of nitrogens with two attached hydrogens (primary N) is 1. The average molecular weight is 203 g/mol. The Hall–Kier alpha value is -0.420. The Kier molecular flexibility index (Phi) is 4.38. The van der Waals surface area contributed by atoms with Gasteiger partial charge in [0.05, 0.1) is 6.54 Å². The van der Waals surface area contributed by atoms with Crippen molar-refractivity contribution in [2.45, 2.75) is 19.4 Å². The average Bonchev–Trinajstić information content (AvgIpc) is 2.66. The molecule has 1 heterocycles. The van der Waals surface area contributed by atoms with Gasteiger partial charge in [-0.2, -0.15) is 11.8 Å². The van der Waals surface area contributed by atoms with E-state index in [0.29, 0.717) is 18.4 Å². The molecule has 0 spiro atoms. The van der Waals surface area contributed by atoms with Crippen molar-refractivity contribution in [1.29, 1.82) is 0 Å². The van der Waals surface area contributed by atoms with Crippen molar-refractivity contribution in [2.75, 3.05) is 24.6 Å². The lowest BCUT2D eigenvalue weighted by Crippen LogP contribution is -2.41. The van der Waals surface area contributed by atoms with Gasteiger partial charge in [-0.1, -0.05) is 12.1 Å². The highest BCUT2D eigenvalue weighted by atomic mass is 32.2. The summed E-state index contributed by atoms with van der Waals surface area (Å²) in [6.45, 7) is 3.65. The molecule has 1 rings (SSSR count). The second-order valence-corrected chi connectivity index (χ2v) is 4.32. The normalized spacial score (nSPS) is 24.2. The van der Waals surface area contributed by atoms with Gasteiger partial charge in [-0.15, -0.1) is 0 Å². The van der Waals surface area contributed by atoms with Crippen molar-refractivity contribution in [2.24, 2.45) is 10.9 Å². The molecule has 0 aromatic rings. The van der Waals surface area contributed by atoms with Gasteiger partial charge in [0, 0.05) is 11.8 Å². The molecule has 0 aromatic carbocycles. The minimum absolute atomic E-state index is 0.304. The van der Waals surface area contributed by atoms with E-state index in [1.54, 1.807) is 0 Å². The lowest BCUT2D eigenvalue weighted by molar-refractivity contribution is 0.249. The molecule has 3 N–H and O–H groups in total. The van der Waals surface area contributed by atoms with Gasteiger partial charge >= 0.3 is 0 Å². The maximum atomic E-state index is 8.45. The summed E-state index contributed by atoms with van der Waals surface area (Å²) >= 11 is 1.98. The van der Waals surface area contributed by atoms with Gasteiger partial charge in [0.15, 0.2) is 5.84 Å². The van der Waals surface area contributed by atoms with Gasteiger partial charge in [0.25, 0.3) is 0 Å². The molecule has 0 radical (unpaired) electrons. The molecule has 1 saturated heterocycles. The van der Waals surface area contributed by atoms with Crippen molar-refractivity contribution in [3.05, 3.63) is 0 Å². The first-order chi connectivity index (χ1) is 6.27. The number of hydrogen-bond donors (Lipinski definition) is 2. The number of oxime groups is 1. The lowest BCUT2D eigenvalue weighted by atomic mass is 10.2. The van der Waals surface area contributed by atoms with Crippen LogP contribution in [0.2, 0.25) is 0 Å². The fourth-order valence-electron chi connectivity index (χ4n) is 1.55. The second kappa shape index (κ2) is 5.34. The fourth-order valence-corrected chi connectivity index (χ4v) is 2.80. The molecule has 0 unspecified atom stereocenters. The maximum absolute atomic E-state index is 8.45. The molecule has 1 fully saturated rings. The van der Waals surface area contributed by atoms with Crippen LogP contribution < -0.4 is 5.73 Å². The molecule has 5 heteroatoms. The van der Waals surface area contributed by atoms with Crippen LogP contribution in [0.3, 0.4) is 0 Å². The summed E-state index contributed by atoms with van der Waals surface area (Å²) in [5, 5.41) is 11.4. The van der Waals surface area contributed by atoms with Crippen LogP contribution in [-0.2, 0) is 0 Å². The second-order valence-electron chi connectivity index (χ2n) is 3.17. The maximum Gasteiger partial charge on any atom is 0.153 e. The first-order valence-electron chi connectivity index (χ1n) is 4.56. The van der Waals surface area contributed by atoms with E-state index in [1.165, 1.54) is 17.9 Å². The molecular weight excluding hydrogens is 186 g/mol. The van der Waals surface area contributed by atoms with Crippen LogP contribution in [0.5, 0.6) is 0 Å². The Morgan fingerprint density at radius 3 is 3.00 bits per heavy atom. The number of hydrogen-bond acceptors (Lipinski definition) is 4. The van der Waals surface area contributed by atoms with Crippen LogP contribution in [0.1, 0.15) is 13.3 Å². The minimum Gasteiger partial charge on any atom is -0.409 e. The quantitative estimate of drug-likeness (QED) is 0.303. The third-order valence-electron chi connectivity index (χ3n) is 2.32. The highest BCUT2D eigenvalue weighted by Gasteiger charge is 2.22. The summed E-state index contributed by atoms with van der Waals surface area (Å²) in [4.78, 5) is 2.26. The Bertz CT molecular complexity index is 180. The van der Waals surface area contributed by atoms with E-state index in [2.05, 4.69) is 17.0 Å². The Balaban J connectivity index is 2.41. The standard InChI is InChI=1S/C8H17N3OS/c1-2-11(5-8(9)10-12)7-3-4-13-6-7/h7,12H,2-6H2,1H3,(H2,9,10)/t7-/m1/s1. The molecule has 0 bridgehead atoms. The van der Waals surface area contributed by atoms with E-state index in [4.69, 9.17) is 10.9 Å². The highest BCUT2D eigenvalue weighted by Crippen LogP contribution is 2.21. The molecule has 0 aliphatic carbocycles. The highest BCUT2D eigenvalue weighted by molar-refractivity contribution is 7.99. The van der Waals surface area contributed by atoms with E-state index >= 15 is 0 Å². The van der Waals surface area contributed by atoms with Gasteiger partial charge in [0.1, 0.15) is 0 Å². The van der Waals surface area contributed by atoms with Crippen LogP contribution in [0.25, 0.3) is 0 Å². The lowest BCUT2D eigenvalue weighted by Gasteiger charge is -2.25. The number of likely N-dealkylation sites (N-methyl/N-ethyl adjacent to an activating group) is 1. The number of thioether (sulfide) groups is 1. The van der Waals surface area contributed by atoms with E-state index in [-0.39, 0.29) is 0 Å². The summed E-state index contributed by atoms with van der Waals surface area (Å²) in [7, 11) is 0. The fraction of sp³-hybridized carbons (Fsp3) is 0.875. The van der Waals surface area contributed by atoms with Gasteiger partial charge in [0.2, 0.25) is 0 Å². The Morgan fingerprint density at radius 1 is 1.77 bits per heavy atom. The number of nitrogens with zero attached hydrogens (tertiary/aromatic N) is 2. The molecule has 0 saturated carbocycles. The summed E-state index contributed by atoms with van der Waals surface area (Å²) in [5.74, 6) is 2.71. The third-order valence-corrected chi connectivity index (χ3v) is 3.47. The van der Waals surface area contributed by atoms with Crippen LogP contribution >= 0.6 is 11.8 Å². The molecule has 0 amide bonds. The zero-order valence-corrected chi connectivity index (χ0v) is 8.76. The van der Waals surface area contributed by atoms with Crippen molar-refractivity contribution in [1.82, 2.24) is 4.90 Å². The number of rotatable bonds is 4. The zero-order valence-electron chi connectivity index (χ0n) is 7.94. The zero-order chi connectivity index (χ0) is 9.68. The topological polar surface area (TPSA) is 61.8 Å². The van der Waals surface area contributed by atoms with E-state index < -0.39 is 0 Å². The van der Waals surface area contributed by atoms with Crippen LogP contribution in [0, 0.1) is 0 Å². The Morgan fingerprint density at radius 2 is 2.54 bits per heavy atom. The van der Waals surface area contributed by atoms with Gasteiger partial charge in [-0.05, 0) is 18.7 Å². The molecule has 4 nitrogen and oxygen atoms in total. The molecule has 1 atom stereocenters. The first-order valence-corrected chi connectivity index (χ1v) is 5.71. The minimum atomic E-state index is 0.304. The van der Waals surface area contributed by atoms with Crippen molar-refractivity contribution in [3.63, 3.8) is 0 Å². The summed E-state index contributed by atoms with van der Waals surface area (Å²) < 4.78 is 0. The van der Waals surface area contributed by atoms with E-state index in [0.717, 1.165) is 6.54 Å². The summed E-state index contributed by atoms with van der Waals surface area (Å²) in [6, 6.07) is 0.607. The van der Waals surface area contributed by atoms with Crippen LogP contribution in [-0.4, -0.2) is 46.6 Å². The van der Waals surface area contributed by atoms with Gasteiger partial charge in [-0.3, -0.25) is 4.90 Å². The SMILES string of the molecule is CCN(CC(N)=NO)[C@@H]1CCSC1. The Labute approximate surface area is 83.2 Å². The summed E-state index contributed by atoms with van der Waals surface area (Å²) in [5.41, 5.74) is 5.47. The van der Waals surface area contributed by atoms with Crippen molar-refractivity contribution in [3.8, 4) is 0 Å². The smallest absolute Gasteiger partial charge is 0.153 e. The third kappa shape index (κ3) is 3.08. The summed E-state index contributed by atoms with van der Waals surface area (Å²) in [6.07, 6.45) is 1.22. The molecule has 1 aliphatic rings. The van der Waals surface area contributed by atoms with Crippen molar-refractivity contribution >= 4 is 17.6 Å². The predicted molar refractivity (Wildman–Crippen MR) is 56.4 cm³/mol. The number of amidine groups is 1. The first kappa shape index (κ1) is 10.7. The van der Waals surface area contributed by atoms with Crippen LogP contribution in [0.15, 0.2) is 5.16 Å². The molecular formula is C8H17N3OS. The largest absolute Gasteiger partial charge is 0.409 e. The monoisotopic (exact) mass is 203 g/mol. The van der Waals surface area contributed by atoms with E-state index in [1.807, 2.05) is 11.8 Å². The van der Waals surface area contributed by atoms with Gasteiger partial charge in [-0.25, -0.2) is 0 Å². The predicted octanol–water partition coefficient (Wildman–Crippen LogP) is 0.560. The molecule has 0 aromatic heterocycles. The van der Waals surface area contributed by atoms with Crippen LogP contribution in [0.4, 0.5) is 0 Å². The van der Waals surface area contributed by atoms with Gasteiger partial charge < -0.3 is 10.9 Å². The van der Waals surface area contributed by atoms with E-state index in [9.17, 15) is 0 Å². The molecule has 1 aliphatic heterocycles.